The number of rotatable bonds is 6. The molecule has 1 aliphatic heterocycles. The average molecular weight is 390 g/mol. The maximum atomic E-state index is 14.3. The van der Waals surface area contributed by atoms with Crippen molar-refractivity contribution in [2.45, 2.75) is 33.1 Å². The number of nitrogens with zero attached hydrogens (tertiary/aromatic N) is 2. The Morgan fingerprint density at radius 1 is 1.26 bits per heavy atom. The van der Waals surface area contributed by atoms with Crippen LogP contribution in [0.1, 0.15) is 32.4 Å². The van der Waals surface area contributed by atoms with Gasteiger partial charge in [-0.25, -0.2) is 9.37 Å². The molecule has 144 valence electrons. The van der Waals surface area contributed by atoms with Crippen LogP contribution < -0.4 is 15.5 Å². The number of thiazole rings is 1. The summed E-state index contributed by atoms with van der Waals surface area (Å²) in [5, 5.41) is 7.58. The first-order valence-corrected chi connectivity index (χ1v) is 9.90. The predicted molar refractivity (Wildman–Crippen MR) is 106 cm³/mol. The third kappa shape index (κ3) is 4.82. The molecular formula is C19H23FN4O2S. The van der Waals surface area contributed by atoms with Crippen LogP contribution in [0.3, 0.4) is 0 Å². The molecule has 2 amide bonds. The number of carbonyl (C=O) groups is 2. The Kier molecular flexibility index (Phi) is 6.05. The number of hydrogen-bond acceptors (Lipinski definition) is 5. The fourth-order valence-electron chi connectivity index (χ4n) is 2.90. The third-order valence-corrected chi connectivity index (χ3v) is 5.16. The summed E-state index contributed by atoms with van der Waals surface area (Å²) in [6.07, 6.45) is 2.14. The first-order valence-electron chi connectivity index (χ1n) is 9.02. The molecule has 1 aliphatic rings. The van der Waals surface area contributed by atoms with Crippen molar-refractivity contribution in [3.8, 4) is 0 Å². The summed E-state index contributed by atoms with van der Waals surface area (Å²) in [6, 6.07) is 4.83. The molecule has 1 aromatic heterocycles. The summed E-state index contributed by atoms with van der Waals surface area (Å²) in [4.78, 5) is 30.5. The Balaban J connectivity index is 1.66. The van der Waals surface area contributed by atoms with Crippen LogP contribution in [0.2, 0.25) is 0 Å². The van der Waals surface area contributed by atoms with Crippen LogP contribution >= 0.6 is 11.3 Å². The van der Waals surface area contributed by atoms with Crippen LogP contribution in [0.5, 0.6) is 0 Å². The van der Waals surface area contributed by atoms with Gasteiger partial charge in [0.25, 0.3) is 0 Å². The minimum atomic E-state index is -0.448. The zero-order chi connectivity index (χ0) is 19.4. The minimum Gasteiger partial charge on any atom is -0.370 e. The molecular weight excluding hydrogens is 367 g/mol. The van der Waals surface area contributed by atoms with Crippen molar-refractivity contribution < 1.29 is 14.0 Å². The van der Waals surface area contributed by atoms with E-state index in [4.69, 9.17) is 0 Å². The van der Waals surface area contributed by atoms with E-state index in [1.165, 1.54) is 17.4 Å². The van der Waals surface area contributed by atoms with Crippen molar-refractivity contribution in [1.82, 2.24) is 4.98 Å². The third-order valence-electron chi connectivity index (χ3n) is 4.35. The predicted octanol–water partition coefficient (Wildman–Crippen LogP) is 3.66. The summed E-state index contributed by atoms with van der Waals surface area (Å²) < 4.78 is 14.3. The Morgan fingerprint density at radius 3 is 2.70 bits per heavy atom. The van der Waals surface area contributed by atoms with Crippen LogP contribution in [0.25, 0.3) is 0 Å². The van der Waals surface area contributed by atoms with Crippen molar-refractivity contribution in [2.24, 2.45) is 5.92 Å². The highest BCUT2D eigenvalue weighted by molar-refractivity contribution is 7.13. The monoisotopic (exact) mass is 390 g/mol. The van der Waals surface area contributed by atoms with Gasteiger partial charge in [0.2, 0.25) is 11.8 Å². The molecule has 6 nitrogen and oxygen atoms in total. The number of hydrogen-bond donors (Lipinski definition) is 2. The Hall–Kier alpha value is -2.48. The molecule has 0 aliphatic carbocycles. The number of para-hydroxylation sites is 1. The van der Waals surface area contributed by atoms with Crippen LogP contribution in [0, 0.1) is 11.7 Å². The quantitative estimate of drug-likeness (QED) is 0.789. The van der Waals surface area contributed by atoms with Crippen molar-refractivity contribution in [3.63, 3.8) is 0 Å². The second-order valence-electron chi connectivity index (χ2n) is 6.84. The first kappa shape index (κ1) is 19.3. The van der Waals surface area contributed by atoms with Gasteiger partial charge in [-0.15, -0.1) is 11.3 Å². The van der Waals surface area contributed by atoms with Gasteiger partial charge in [-0.3, -0.25) is 9.59 Å². The molecule has 0 unspecified atom stereocenters. The van der Waals surface area contributed by atoms with Crippen molar-refractivity contribution >= 4 is 39.7 Å². The smallest absolute Gasteiger partial charge is 0.230 e. The lowest BCUT2D eigenvalue weighted by molar-refractivity contribution is -0.119. The molecule has 3 rings (SSSR count). The van der Waals surface area contributed by atoms with Gasteiger partial charge >= 0.3 is 0 Å². The van der Waals surface area contributed by atoms with Gasteiger partial charge in [-0.05, 0) is 25.0 Å². The summed E-state index contributed by atoms with van der Waals surface area (Å²) in [5.74, 6) is -1.06. The lowest BCUT2D eigenvalue weighted by Gasteiger charge is -2.21. The molecule has 27 heavy (non-hydrogen) atoms. The van der Waals surface area contributed by atoms with Gasteiger partial charge in [0, 0.05) is 24.4 Å². The minimum absolute atomic E-state index is 0.0157. The van der Waals surface area contributed by atoms with E-state index in [2.05, 4.69) is 20.5 Å². The largest absolute Gasteiger partial charge is 0.370 e. The van der Waals surface area contributed by atoms with E-state index in [0.717, 1.165) is 25.9 Å². The van der Waals surface area contributed by atoms with Gasteiger partial charge < -0.3 is 15.5 Å². The van der Waals surface area contributed by atoms with Crippen LogP contribution in [0.4, 0.5) is 20.9 Å². The number of halogens is 1. The highest BCUT2D eigenvalue weighted by atomic mass is 32.1. The first-order chi connectivity index (χ1) is 12.9. The van der Waals surface area contributed by atoms with Gasteiger partial charge in [-0.1, -0.05) is 19.9 Å². The summed E-state index contributed by atoms with van der Waals surface area (Å²) >= 11 is 1.26. The number of benzene rings is 1. The molecule has 0 spiro atoms. The van der Waals surface area contributed by atoms with Crippen molar-refractivity contribution in [2.75, 3.05) is 28.6 Å². The van der Waals surface area contributed by atoms with Crippen LogP contribution in [-0.4, -0.2) is 29.9 Å². The van der Waals surface area contributed by atoms with E-state index >= 15 is 0 Å². The van der Waals surface area contributed by atoms with Crippen LogP contribution in [-0.2, 0) is 16.0 Å². The zero-order valence-corrected chi connectivity index (χ0v) is 16.2. The van der Waals surface area contributed by atoms with E-state index in [-0.39, 0.29) is 29.8 Å². The number of amides is 2. The van der Waals surface area contributed by atoms with Gasteiger partial charge in [-0.2, -0.15) is 0 Å². The summed E-state index contributed by atoms with van der Waals surface area (Å²) in [5.41, 5.74) is 1.47. The summed E-state index contributed by atoms with van der Waals surface area (Å²) in [6.45, 7) is 5.31. The maximum Gasteiger partial charge on any atom is 0.230 e. The Bertz CT molecular complexity index is 831. The van der Waals surface area contributed by atoms with E-state index < -0.39 is 5.82 Å². The molecule has 1 saturated heterocycles. The zero-order valence-electron chi connectivity index (χ0n) is 15.4. The van der Waals surface area contributed by atoms with E-state index in [1.54, 1.807) is 25.3 Å². The second kappa shape index (κ2) is 8.47. The molecule has 0 atom stereocenters. The molecule has 8 heteroatoms. The Morgan fingerprint density at radius 2 is 2.00 bits per heavy atom. The van der Waals surface area contributed by atoms with E-state index in [0.29, 0.717) is 16.5 Å². The normalized spacial score (nSPS) is 13.9. The van der Waals surface area contributed by atoms with E-state index in [9.17, 15) is 14.0 Å². The standard InChI is InChI=1S/C19H23FN4O2S/c1-12(2)18(26)23-19-21-13(11-27-19)10-16(25)22-17-14(20)6-5-7-15(17)24-8-3-4-9-24/h5-7,11-12H,3-4,8-10H2,1-2H3,(H,22,25)(H,21,23,26). The topological polar surface area (TPSA) is 74.3 Å². The Labute approximate surface area is 161 Å². The molecule has 0 bridgehead atoms. The molecule has 1 fully saturated rings. The molecule has 2 aromatic rings. The van der Waals surface area contributed by atoms with Gasteiger partial charge in [0.1, 0.15) is 11.5 Å². The van der Waals surface area contributed by atoms with Gasteiger partial charge in [0.15, 0.2) is 5.13 Å². The molecule has 2 heterocycles. The summed E-state index contributed by atoms with van der Waals surface area (Å²) in [7, 11) is 0. The second-order valence-corrected chi connectivity index (χ2v) is 7.70. The number of carbonyl (C=O) groups excluding carboxylic acids is 2. The number of aromatic nitrogens is 1. The molecule has 2 N–H and O–H groups in total. The van der Waals surface area contributed by atoms with E-state index in [1.807, 2.05) is 6.07 Å². The maximum absolute atomic E-state index is 14.3. The average Bonchev–Trinajstić information content (AvgIpc) is 3.29. The SMILES string of the molecule is CC(C)C(=O)Nc1nc(CC(=O)Nc2c(F)cccc2N2CCCC2)cs1. The number of anilines is 3. The number of nitrogens with one attached hydrogen (secondary N) is 2. The highest BCUT2D eigenvalue weighted by Crippen LogP contribution is 2.31. The van der Waals surface area contributed by atoms with Crippen LogP contribution in [0.15, 0.2) is 23.6 Å². The highest BCUT2D eigenvalue weighted by Gasteiger charge is 2.20. The molecule has 0 saturated carbocycles. The lowest BCUT2D eigenvalue weighted by Crippen LogP contribution is -2.22. The van der Waals surface area contributed by atoms with Crippen molar-refractivity contribution in [3.05, 3.63) is 35.1 Å². The fourth-order valence-corrected chi connectivity index (χ4v) is 3.61. The molecule has 0 radical (unpaired) electrons. The fraction of sp³-hybridized carbons (Fsp3) is 0.421. The lowest BCUT2D eigenvalue weighted by atomic mass is 10.2. The molecule has 1 aromatic carbocycles. The van der Waals surface area contributed by atoms with Crippen molar-refractivity contribution in [1.29, 1.82) is 0 Å². The van der Waals surface area contributed by atoms with Gasteiger partial charge in [0.05, 0.1) is 17.8 Å².